The fourth-order valence-electron chi connectivity index (χ4n) is 1.75. The van der Waals surface area contributed by atoms with Crippen LogP contribution in [0, 0.1) is 0 Å². The smallest absolute Gasteiger partial charge is 0.175 e. The van der Waals surface area contributed by atoms with Crippen molar-refractivity contribution in [3.8, 4) is 0 Å². The lowest BCUT2D eigenvalue weighted by Crippen LogP contribution is -2.15. The minimum Gasteiger partial charge on any atom is -0.411 e. The molecule has 0 radical (unpaired) electrons. The van der Waals surface area contributed by atoms with E-state index < -0.39 is 9.84 Å². The van der Waals surface area contributed by atoms with Gasteiger partial charge >= 0.3 is 0 Å². The second kappa shape index (κ2) is 4.00. The molecule has 2 heterocycles. The van der Waals surface area contributed by atoms with Gasteiger partial charge in [0.1, 0.15) is 12.7 Å². The number of rotatable bonds is 4. The van der Waals surface area contributed by atoms with Gasteiger partial charge in [0, 0.05) is 17.8 Å². The van der Waals surface area contributed by atoms with E-state index in [1.807, 2.05) is 6.07 Å². The summed E-state index contributed by atoms with van der Waals surface area (Å²) in [5, 5.41) is 0.944. The van der Waals surface area contributed by atoms with Crippen LogP contribution in [0.5, 0.6) is 0 Å². The first-order chi connectivity index (χ1) is 8.54. The quantitative estimate of drug-likeness (QED) is 0.771. The summed E-state index contributed by atoms with van der Waals surface area (Å²) in [5.41, 5.74) is 0.749. The van der Waals surface area contributed by atoms with Crippen LogP contribution in [-0.4, -0.2) is 38.7 Å². The number of hydrogen-bond acceptors (Lipinski definition) is 4. The van der Waals surface area contributed by atoms with Crippen molar-refractivity contribution in [1.29, 1.82) is 0 Å². The van der Waals surface area contributed by atoms with Crippen LogP contribution in [0.1, 0.15) is 0 Å². The van der Waals surface area contributed by atoms with Gasteiger partial charge in [0.05, 0.1) is 17.0 Å². The summed E-state index contributed by atoms with van der Waals surface area (Å²) in [6, 6.07) is 6.89. The zero-order valence-corrected chi connectivity index (χ0v) is 10.7. The summed E-state index contributed by atoms with van der Waals surface area (Å²) >= 11 is 0. The average molecular weight is 267 g/mol. The van der Waals surface area contributed by atoms with E-state index in [4.69, 9.17) is 9.57 Å². The summed E-state index contributed by atoms with van der Waals surface area (Å²) in [6.45, 7) is 1.21. The van der Waals surface area contributed by atoms with E-state index in [9.17, 15) is 8.42 Å². The molecule has 0 spiro atoms. The predicted molar refractivity (Wildman–Crippen MR) is 66.2 cm³/mol. The minimum absolute atomic E-state index is 0.167. The Hall–Kier alpha value is -1.53. The number of nitrogens with zero attached hydrogens (tertiary/aromatic N) is 1. The molecule has 0 amide bonds. The van der Waals surface area contributed by atoms with Gasteiger partial charge in [-0.15, -0.1) is 0 Å². The molecular formula is C12H13NO4S. The fourth-order valence-corrected chi connectivity index (χ4v) is 2.40. The Morgan fingerprint density at radius 3 is 2.89 bits per heavy atom. The highest BCUT2D eigenvalue weighted by Gasteiger charge is 2.23. The molecule has 3 rings (SSSR count). The molecule has 1 aliphatic rings. The Labute approximate surface area is 105 Å². The number of aromatic nitrogens is 1. The summed E-state index contributed by atoms with van der Waals surface area (Å²) in [7, 11) is -3.20. The first-order valence-electron chi connectivity index (χ1n) is 5.60. The monoisotopic (exact) mass is 267 g/mol. The number of ether oxygens (including phenoxy) is 1. The first-order valence-corrected chi connectivity index (χ1v) is 7.49. The highest BCUT2D eigenvalue weighted by molar-refractivity contribution is 7.90. The molecule has 96 valence electrons. The van der Waals surface area contributed by atoms with E-state index >= 15 is 0 Å². The molecule has 2 aromatic rings. The van der Waals surface area contributed by atoms with Crippen molar-refractivity contribution < 1.29 is 18.0 Å². The molecule has 6 heteroatoms. The van der Waals surface area contributed by atoms with Crippen molar-refractivity contribution in [1.82, 2.24) is 4.73 Å². The van der Waals surface area contributed by atoms with Crippen LogP contribution in [0.25, 0.3) is 10.9 Å². The van der Waals surface area contributed by atoms with Crippen LogP contribution in [0.4, 0.5) is 0 Å². The lowest BCUT2D eigenvalue weighted by molar-refractivity contribution is 0.104. The van der Waals surface area contributed by atoms with Gasteiger partial charge in [0.15, 0.2) is 9.84 Å². The maximum Gasteiger partial charge on any atom is 0.175 e. The van der Waals surface area contributed by atoms with Gasteiger partial charge in [-0.2, -0.15) is 4.73 Å². The van der Waals surface area contributed by atoms with Crippen molar-refractivity contribution in [3.63, 3.8) is 0 Å². The number of epoxide rings is 1. The average Bonchev–Trinajstić information content (AvgIpc) is 3.05. The van der Waals surface area contributed by atoms with Crippen molar-refractivity contribution >= 4 is 20.7 Å². The molecule has 0 aliphatic carbocycles. The second-order valence-corrected chi connectivity index (χ2v) is 6.40. The molecule has 1 aliphatic heterocycles. The number of benzene rings is 1. The largest absolute Gasteiger partial charge is 0.411 e. The van der Waals surface area contributed by atoms with Crippen molar-refractivity contribution in [2.75, 3.05) is 19.5 Å². The molecule has 1 fully saturated rings. The van der Waals surface area contributed by atoms with Gasteiger partial charge in [-0.25, -0.2) is 8.42 Å². The maximum atomic E-state index is 11.5. The molecule has 1 aromatic carbocycles. The van der Waals surface area contributed by atoms with Gasteiger partial charge in [0.2, 0.25) is 0 Å². The lowest BCUT2D eigenvalue weighted by Gasteiger charge is -2.07. The van der Waals surface area contributed by atoms with Crippen molar-refractivity contribution in [2.45, 2.75) is 11.0 Å². The molecule has 0 N–H and O–H groups in total. The molecule has 1 saturated heterocycles. The molecular weight excluding hydrogens is 254 g/mol. The minimum atomic E-state index is -3.20. The number of sulfone groups is 1. The Morgan fingerprint density at radius 2 is 2.22 bits per heavy atom. The third-order valence-electron chi connectivity index (χ3n) is 2.86. The molecule has 1 aromatic heterocycles. The zero-order chi connectivity index (χ0) is 12.8. The summed E-state index contributed by atoms with van der Waals surface area (Å²) in [4.78, 5) is 5.84. The van der Waals surface area contributed by atoms with E-state index in [-0.39, 0.29) is 6.10 Å². The third-order valence-corrected chi connectivity index (χ3v) is 3.97. The Bertz CT molecular complexity index is 685. The fraction of sp³-hybridized carbons (Fsp3) is 0.333. The SMILES string of the molecule is CS(=O)(=O)c1ccc2ccn(OC[C@H]3CO3)c2c1. The number of hydrogen-bond donors (Lipinski definition) is 0. The van der Waals surface area contributed by atoms with Gasteiger partial charge in [-0.3, -0.25) is 0 Å². The Balaban J connectivity index is 1.98. The van der Waals surface area contributed by atoms with E-state index in [2.05, 4.69) is 0 Å². The zero-order valence-electron chi connectivity index (χ0n) is 9.87. The number of fused-ring (bicyclic) bond motifs is 1. The van der Waals surface area contributed by atoms with Crippen molar-refractivity contribution in [2.24, 2.45) is 0 Å². The normalized spacial score (nSPS) is 19.1. The highest BCUT2D eigenvalue weighted by Crippen LogP contribution is 2.20. The van der Waals surface area contributed by atoms with E-state index in [1.54, 1.807) is 29.1 Å². The van der Waals surface area contributed by atoms with Gasteiger partial charge in [0.25, 0.3) is 0 Å². The molecule has 18 heavy (non-hydrogen) atoms. The predicted octanol–water partition coefficient (Wildman–Crippen LogP) is 0.872. The highest BCUT2D eigenvalue weighted by atomic mass is 32.2. The van der Waals surface area contributed by atoms with Crippen LogP contribution in [0.15, 0.2) is 35.4 Å². The maximum absolute atomic E-state index is 11.5. The van der Waals surface area contributed by atoms with Crippen LogP contribution in [0.3, 0.4) is 0 Å². The molecule has 0 unspecified atom stereocenters. The van der Waals surface area contributed by atoms with E-state index in [0.29, 0.717) is 11.5 Å². The van der Waals surface area contributed by atoms with Gasteiger partial charge in [-0.05, 0) is 18.2 Å². The molecule has 0 saturated carbocycles. The van der Waals surface area contributed by atoms with Gasteiger partial charge < -0.3 is 9.57 Å². The van der Waals surface area contributed by atoms with Gasteiger partial charge in [-0.1, -0.05) is 6.07 Å². The molecule has 0 bridgehead atoms. The third kappa shape index (κ3) is 2.21. The topological polar surface area (TPSA) is 60.8 Å². The first kappa shape index (κ1) is 11.6. The molecule has 5 nitrogen and oxygen atoms in total. The van der Waals surface area contributed by atoms with Crippen molar-refractivity contribution in [3.05, 3.63) is 30.5 Å². The van der Waals surface area contributed by atoms with Crippen LogP contribution >= 0.6 is 0 Å². The standard InChI is InChI=1S/C12H13NO4S/c1-18(14,15)11-3-2-9-4-5-13(12(9)6-11)17-8-10-7-16-10/h2-6,10H,7-8H2,1H3/t10-/m1/s1. The Kier molecular flexibility index (Phi) is 2.57. The summed E-state index contributed by atoms with van der Waals surface area (Å²) in [6.07, 6.45) is 3.14. The van der Waals surface area contributed by atoms with E-state index in [0.717, 1.165) is 17.5 Å². The van der Waals surface area contributed by atoms with Crippen LogP contribution in [0.2, 0.25) is 0 Å². The van der Waals surface area contributed by atoms with Crippen LogP contribution < -0.4 is 4.84 Å². The second-order valence-electron chi connectivity index (χ2n) is 4.39. The van der Waals surface area contributed by atoms with E-state index in [1.165, 1.54) is 6.26 Å². The summed E-state index contributed by atoms with van der Waals surface area (Å²) < 4.78 is 29.7. The Morgan fingerprint density at radius 1 is 1.44 bits per heavy atom. The lowest BCUT2D eigenvalue weighted by atomic mass is 10.2. The molecule has 1 atom stereocenters. The summed E-state index contributed by atoms with van der Waals surface area (Å²) in [5.74, 6) is 0. The van der Waals surface area contributed by atoms with Crippen LogP contribution in [-0.2, 0) is 14.6 Å².